The molecule has 0 aliphatic carbocycles. The molecule has 6 heteroatoms. The Hall–Kier alpha value is -1.30. The summed E-state index contributed by atoms with van der Waals surface area (Å²) in [6, 6.07) is -0.865. The second-order valence-electron chi connectivity index (χ2n) is 1.67. The lowest BCUT2D eigenvalue weighted by atomic mass is 10.4. The van der Waals surface area contributed by atoms with Crippen molar-refractivity contribution < 1.29 is 9.90 Å². The van der Waals surface area contributed by atoms with E-state index in [2.05, 4.69) is 4.99 Å². The van der Waals surface area contributed by atoms with Crippen LogP contribution in [0.5, 0.6) is 0 Å². The first-order chi connectivity index (χ1) is 4.57. The highest BCUT2D eigenvalue weighted by molar-refractivity contribution is 5.82. The molecule has 0 radical (unpaired) electrons. The Balaban J connectivity index is 3.99. The summed E-state index contributed by atoms with van der Waals surface area (Å²) in [6.45, 7) is 1.40. The van der Waals surface area contributed by atoms with Gasteiger partial charge in [-0.15, -0.1) is 0 Å². The standard InChI is InChI=1S/C4H10N4O2/c1-2(3(9)10)7-4(5)8-6/h2H,6H2,1H3,(H,9,10)(H3,5,7,8). The van der Waals surface area contributed by atoms with E-state index in [0.29, 0.717) is 0 Å². The molecule has 1 atom stereocenters. The molecule has 0 spiro atoms. The van der Waals surface area contributed by atoms with Crippen LogP contribution in [0, 0.1) is 0 Å². The number of carboxylic acids is 1. The maximum atomic E-state index is 10.1. The summed E-state index contributed by atoms with van der Waals surface area (Å²) < 4.78 is 0. The van der Waals surface area contributed by atoms with E-state index in [1.165, 1.54) is 6.92 Å². The van der Waals surface area contributed by atoms with Crippen LogP contribution in [0.25, 0.3) is 0 Å². The van der Waals surface area contributed by atoms with Crippen LogP contribution in [-0.2, 0) is 4.79 Å². The summed E-state index contributed by atoms with van der Waals surface area (Å²) in [7, 11) is 0. The number of rotatable bonds is 2. The van der Waals surface area contributed by atoms with E-state index in [1.54, 1.807) is 0 Å². The van der Waals surface area contributed by atoms with Crippen LogP contribution in [-0.4, -0.2) is 23.1 Å². The van der Waals surface area contributed by atoms with Gasteiger partial charge in [0.15, 0.2) is 0 Å². The Morgan fingerprint density at radius 3 is 2.60 bits per heavy atom. The fraction of sp³-hybridized carbons (Fsp3) is 0.500. The highest BCUT2D eigenvalue weighted by Crippen LogP contribution is 1.86. The lowest BCUT2D eigenvalue weighted by molar-refractivity contribution is -0.137. The zero-order valence-corrected chi connectivity index (χ0v) is 5.53. The van der Waals surface area contributed by atoms with E-state index in [9.17, 15) is 4.79 Å². The number of hydrogen-bond donors (Lipinski definition) is 4. The molecule has 6 N–H and O–H groups in total. The maximum absolute atomic E-state index is 10.1. The van der Waals surface area contributed by atoms with E-state index >= 15 is 0 Å². The van der Waals surface area contributed by atoms with Crippen LogP contribution in [0.2, 0.25) is 0 Å². The van der Waals surface area contributed by atoms with Crippen molar-refractivity contribution in [3.05, 3.63) is 0 Å². The maximum Gasteiger partial charge on any atom is 0.328 e. The van der Waals surface area contributed by atoms with Crippen LogP contribution in [0.1, 0.15) is 6.92 Å². The first-order valence-corrected chi connectivity index (χ1v) is 2.60. The number of nitrogens with one attached hydrogen (secondary N) is 1. The van der Waals surface area contributed by atoms with Gasteiger partial charge in [0.25, 0.3) is 0 Å². The van der Waals surface area contributed by atoms with Crippen LogP contribution in [0.3, 0.4) is 0 Å². The van der Waals surface area contributed by atoms with E-state index in [0.717, 1.165) is 0 Å². The summed E-state index contributed by atoms with van der Waals surface area (Å²) >= 11 is 0. The molecule has 0 amide bonds. The van der Waals surface area contributed by atoms with Crippen molar-refractivity contribution in [2.24, 2.45) is 16.6 Å². The molecule has 0 aliphatic heterocycles. The molecule has 0 fully saturated rings. The highest BCUT2D eigenvalue weighted by atomic mass is 16.4. The van der Waals surface area contributed by atoms with Crippen LogP contribution in [0.15, 0.2) is 4.99 Å². The van der Waals surface area contributed by atoms with Gasteiger partial charge in [0.2, 0.25) is 5.96 Å². The van der Waals surface area contributed by atoms with Crippen LogP contribution in [0.4, 0.5) is 0 Å². The van der Waals surface area contributed by atoms with Gasteiger partial charge >= 0.3 is 5.97 Å². The van der Waals surface area contributed by atoms with Gasteiger partial charge in [0, 0.05) is 0 Å². The number of aliphatic imine (C=N–C) groups is 1. The first kappa shape index (κ1) is 8.70. The Morgan fingerprint density at radius 2 is 2.30 bits per heavy atom. The molecule has 0 rings (SSSR count). The van der Waals surface area contributed by atoms with E-state index in [4.69, 9.17) is 16.7 Å². The smallest absolute Gasteiger partial charge is 0.328 e. The molecule has 0 heterocycles. The second-order valence-corrected chi connectivity index (χ2v) is 1.67. The molecule has 0 aromatic carbocycles. The number of aliphatic carboxylic acids is 1. The third kappa shape index (κ3) is 2.88. The molecule has 1 unspecified atom stereocenters. The van der Waals surface area contributed by atoms with Crippen LogP contribution < -0.4 is 17.0 Å². The Labute approximate surface area is 57.9 Å². The molecule has 0 saturated heterocycles. The van der Waals surface area contributed by atoms with E-state index in [-0.39, 0.29) is 5.96 Å². The number of hydrazine groups is 1. The van der Waals surface area contributed by atoms with Crippen molar-refractivity contribution in [2.75, 3.05) is 0 Å². The van der Waals surface area contributed by atoms with Gasteiger partial charge in [-0.1, -0.05) is 0 Å². The van der Waals surface area contributed by atoms with Crippen LogP contribution >= 0.6 is 0 Å². The van der Waals surface area contributed by atoms with Crippen molar-refractivity contribution in [1.29, 1.82) is 0 Å². The molecule has 0 aromatic heterocycles. The number of nitrogens with zero attached hydrogens (tertiary/aromatic N) is 1. The fourth-order valence-electron chi connectivity index (χ4n) is 0.301. The monoisotopic (exact) mass is 146 g/mol. The average Bonchev–Trinajstić information content (AvgIpc) is 1.87. The Morgan fingerprint density at radius 1 is 1.80 bits per heavy atom. The van der Waals surface area contributed by atoms with Crippen molar-refractivity contribution in [3.63, 3.8) is 0 Å². The van der Waals surface area contributed by atoms with Gasteiger partial charge in [-0.05, 0) is 6.92 Å². The Kier molecular flexibility index (Phi) is 3.20. The molecule has 0 saturated carbocycles. The minimum absolute atomic E-state index is 0.0881. The molecule has 0 aliphatic rings. The van der Waals surface area contributed by atoms with Gasteiger partial charge in [-0.2, -0.15) is 0 Å². The van der Waals surface area contributed by atoms with Gasteiger partial charge in [-0.25, -0.2) is 15.6 Å². The minimum Gasteiger partial charge on any atom is -0.480 e. The van der Waals surface area contributed by atoms with Crippen molar-refractivity contribution >= 4 is 11.9 Å². The lowest BCUT2D eigenvalue weighted by Crippen LogP contribution is -2.38. The number of hydrogen-bond acceptors (Lipinski definition) is 3. The fourth-order valence-corrected chi connectivity index (χ4v) is 0.301. The molecule has 0 aromatic rings. The SMILES string of the molecule is CC(N=C(N)NN)C(=O)O. The number of carboxylic acid groups (broad SMARTS) is 1. The zero-order valence-electron chi connectivity index (χ0n) is 5.53. The van der Waals surface area contributed by atoms with Crippen molar-refractivity contribution in [3.8, 4) is 0 Å². The van der Waals surface area contributed by atoms with Gasteiger partial charge in [-0.3, -0.25) is 5.43 Å². The second kappa shape index (κ2) is 3.67. The quantitative estimate of drug-likeness (QED) is 0.159. The summed E-state index contributed by atoms with van der Waals surface area (Å²) in [5.74, 6) is 3.69. The van der Waals surface area contributed by atoms with Crippen molar-refractivity contribution in [1.82, 2.24) is 5.43 Å². The number of carbonyl (C=O) groups is 1. The third-order valence-corrected chi connectivity index (χ3v) is 0.838. The molecule has 6 nitrogen and oxygen atoms in total. The zero-order chi connectivity index (χ0) is 8.15. The third-order valence-electron chi connectivity index (χ3n) is 0.838. The molecule has 10 heavy (non-hydrogen) atoms. The lowest BCUT2D eigenvalue weighted by Gasteiger charge is -2.00. The molecule has 58 valence electrons. The van der Waals surface area contributed by atoms with E-state index < -0.39 is 12.0 Å². The summed E-state index contributed by atoms with van der Waals surface area (Å²) in [5.41, 5.74) is 7.08. The predicted molar refractivity (Wildman–Crippen MR) is 36.0 cm³/mol. The minimum atomic E-state index is -1.04. The summed E-state index contributed by atoms with van der Waals surface area (Å²) in [4.78, 5) is 13.6. The molecular weight excluding hydrogens is 136 g/mol. The van der Waals surface area contributed by atoms with E-state index in [1.807, 2.05) is 5.43 Å². The number of guanidine groups is 1. The summed E-state index contributed by atoms with van der Waals surface area (Å²) in [6.07, 6.45) is 0. The average molecular weight is 146 g/mol. The van der Waals surface area contributed by atoms with Gasteiger partial charge in [0.1, 0.15) is 6.04 Å². The highest BCUT2D eigenvalue weighted by Gasteiger charge is 2.07. The Bertz CT molecular complexity index is 155. The number of nitrogens with two attached hydrogens (primary N) is 2. The van der Waals surface area contributed by atoms with Gasteiger partial charge < -0.3 is 10.8 Å². The topological polar surface area (TPSA) is 114 Å². The molecular formula is C4H10N4O2. The van der Waals surface area contributed by atoms with Crippen molar-refractivity contribution in [2.45, 2.75) is 13.0 Å². The predicted octanol–water partition coefficient (Wildman–Crippen LogP) is -1.76. The molecule has 0 bridgehead atoms. The largest absolute Gasteiger partial charge is 0.480 e. The van der Waals surface area contributed by atoms with Gasteiger partial charge in [0.05, 0.1) is 0 Å². The summed E-state index contributed by atoms with van der Waals surface area (Å²) in [5, 5.41) is 8.30. The normalized spacial score (nSPS) is 14.4. The first-order valence-electron chi connectivity index (χ1n) is 2.60.